The summed E-state index contributed by atoms with van der Waals surface area (Å²) in [7, 11) is 0. The summed E-state index contributed by atoms with van der Waals surface area (Å²) in [6, 6.07) is 28.3. The summed E-state index contributed by atoms with van der Waals surface area (Å²) in [5.74, 6) is -1.51. The van der Waals surface area contributed by atoms with Crippen molar-refractivity contribution >= 4 is 46.5 Å². The average molecular weight is 679 g/mol. The molecule has 8 nitrogen and oxygen atoms in total. The van der Waals surface area contributed by atoms with E-state index in [1.807, 2.05) is 91.0 Å². The van der Waals surface area contributed by atoms with Gasteiger partial charge < -0.3 is 28.8 Å². The number of nitrogens with one attached hydrogen (secondary N) is 1. The molecule has 1 heterocycles. The third kappa shape index (κ3) is 9.27. The molecule has 0 amide bonds. The zero-order valence-electron chi connectivity index (χ0n) is 25.3. The van der Waals surface area contributed by atoms with E-state index in [1.165, 1.54) is 0 Å². The van der Waals surface area contributed by atoms with Crippen LogP contribution in [0.4, 0.5) is 0 Å². The Morgan fingerprint density at radius 2 is 1.29 bits per heavy atom. The van der Waals surface area contributed by atoms with Crippen LogP contribution in [0.1, 0.15) is 37.5 Å². The van der Waals surface area contributed by atoms with E-state index in [-0.39, 0.29) is 26.4 Å². The van der Waals surface area contributed by atoms with Crippen LogP contribution < -0.4 is 0 Å². The summed E-state index contributed by atoms with van der Waals surface area (Å²) in [6.07, 6.45) is -5.15. The third-order valence-electron chi connectivity index (χ3n) is 7.23. The Morgan fingerprint density at radius 1 is 0.822 bits per heavy atom. The van der Waals surface area contributed by atoms with E-state index in [0.29, 0.717) is 0 Å². The molecule has 0 aromatic heterocycles. The number of hydrogen-bond donors (Lipinski definition) is 2. The van der Waals surface area contributed by atoms with Gasteiger partial charge in [0.25, 0.3) is 3.79 Å². The zero-order valence-corrected chi connectivity index (χ0v) is 27.6. The van der Waals surface area contributed by atoms with Crippen LogP contribution in [0.2, 0.25) is 0 Å². The number of benzene rings is 3. The van der Waals surface area contributed by atoms with Crippen molar-refractivity contribution in [2.24, 2.45) is 5.41 Å². The number of rotatable bonds is 12. The second-order valence-corrected chi connectivity index (χ2v) is 14.1. The van der Waals surface area contributed by atoms with Crippen LogP contribution in [0.3, 0.4) is 0 Å². The van der Waals surface area contributed by atoms with Crippen LogP contribution in [-0.4, -0.2) is 57.4 Å². The van der Waals surface area contributed by atoms with E-state index in [1.54, 1.807) is 20.8 Å². The van der Waals surface area contributed by atoms with Crippen molar-refractivity contribution in [2.75, 3.05) is 6.61 Å². The van der Waals surface area contributed by atoms with Crippen molar-refractivity contribution in [3.8, 4) is 0 Å². The molecule has 4 rings (SSSR count). The number of ether oxygens (including phenoxy) is 5. The van der Waals surface area contributed by atoms with Gasteiger partial charge >= 0.3 is 0 Å². The molecule has 3 aromatic carbocycles. The number of aliphatic hydroxyl groups is 1. The largest absolute Gasteiger partial charge is 0.444 e. The predicted molar refractivity (Wildman–Crippen MR) is 173 cm³/mol. The fraction of sp³-hybridized carbons (Fsp3) is 0.412. The quantitative estimate of drug-likeness (QED) is 0.123. The summed E-state index contributed by atoms with van der Waals surface area (Å²) < 4.78 is 28.6. The van der Waals surface area contributed by atoms with Gasteiger partial charge in [0.2, 0.25) is 17.8 Å². The van der Waals surface area contributed by atoms with E-state index in [2.05, 4.69) is 0 Å². The average Bonchev–Trinajstić information content (AvgIpc) is 3.01. The van der Waals surface area contributed by atoms with Gasteiger partial charge in [-0.05, 0) is 16.7 Å². The van der Waals surface area contributed by atoms with Crippen LogP contribution in [0.25, 0.3) is 0 Å². The summed E-state index contributed by atoms with van der Waals surface area (Å²) >= 11 is 17.9. The highest BCUT2D eigenvalue weighted by molar-refractivity contribution is 6.76. The molecule has 0 bridgehead atoms. The van der Waals surface area contributed by atoms with Gasteiger partial charge in [-0.3, -0.25) is 10.2 Å². The molecule has 1 aliphatic heterocycles. The minimum absolute atomic E-state index is 0.0165. The molecule has 0 aliphatic carbocycles. The Morgan fingerprint density at radius 3 is 1.76 bits per heavy atom. The minimum atomic E-state index is -2.51. The first-order valence-corrected chi connectivity index (χ1v) is 15.6. The fourth-order valence-electron chi connectivity index (χ4n) is 4.99. The number of carbonyl (C=O) groups is 1. The standard InChI is InChI=1S/C34H38Cl3NO7/c1-32(2,3)29(39)33(40)28(43-21-25-17-11-6-12-18-25)27(42-20-24-15-9-5-10-16-24)26(22-41-19-23-13-7-4-8-14-23)44-31(33)45-30(38)34(35,36)37/h4-18,26-28,31,38,40H,19-22H2,1-3H3/t26-,27-,28+,31+,33+/m1/s1. The SMILES string of the molecule is CC(C)(C)C(=O)[C@]1(O)[C@H](OC(=N)C(Cl)(Cl)Cl)O[C@H](COCc2ccccc2)[C@@H](OCc2ccccc2)[C@@H]1OCc1ccccc1. The molecule has 2 N–H and O–H groups in total. The highest BCUT2D eigenvalue weighted by atomic mass is 35.6. The number of ketones is 1. The second kappa shape index (κ2) is 15.4. The molecular formula is C34H38Cl3NO7. The van der Waals surface area contributed by atoms with E-state index in [4.69, 9.17) is 63.9 Å². The summed E-state index contributed by atoms with van der Waals surface area (Å²) in [5.41, 5.74) is -1.05. The van der Waals surface area contributed by atoms with Crippen molar-refractivity contribution in [1.82, 2.24) is 0 Å². The van der Waals surface area contributed by atoms with E-state index < -0.39 is 51.1 Å². The van der Waals surface area contributed by atoms with Crippen LogP contribution in [-0.2, 0) is 48.3 Å². The fourth-order valence-corrected chi connectivity index (χ4v) is 5.13. The van der Waals surface area contributed by atoms with Gasteiger partial charge in [-0.1, -0.05) is 147 Å². The van der Waals surface area contributed by atoms with E-state index >= 15 is 0 Å². The highest BCUT2D eigenvalue weighted by Crippen LogP contribution is 2.41. The molecule has 5 atom stereocenters. The Hall–Kier alpha value is -2.53. The van der Waals surface area contributed by atoms with Gasteiger partial charge in [-0.25, -0.2) is 0 Å². The first-order valence-electron chi connectivity index (χ1n) is 14.5. The van der Waals surface area contributed by atoms with Crippen LogP contribution >= 0.6 is 34.8 Å². The Balaban J connectivity index is 1.76. The molecule has 1 fully saturated rings. The van der Waals surface area contributed by atoms with Gasteiger partial charge in [-0.15, -0.1) is 0 Å². The first-order chi connectivity index (χ1) is 21.3. The lowest BCUT2D eigenvalue weighted by Crippen LogP contribution is -2.73. The van der Waals surface area contributed by atoms with Crippen molar-refractivity contribution in [1.29, 1.82) is 5.41 Å². The molecule has 11 heteroatoms. The normalized spacial score (nSPS) is 23.8. The molecule has 0 radical (unpaired) electrons. The van der Waals surface area contributed by atoms with Crippen LogP contribution in [0.5, 0.6) is 0 Å². The molecule has 1 aliphatic rings. The van der Waals surface area contributed by atoms with Gasteiger partial charge in [0.05, 0.1) is 26.4 Å². The van der Waals surface area contributed by atoms with Gasteiger partial charge in [-0.2, -0.15) is 0 Å². The number of hydrogen-bond acceptors (Lipinski definition) is 8. The van der Waals surface area contributed by atoms with E-state index in [0.717, 1.165) is 16.7 Å². The van der Waals surface area contributed by atoms with E-state index in [9.17, 15) is 9.90 Å². The maximum Gasteiger partial charge on any atom is 0.265 e. The monoisotopic (exact) mass is 677 g/mol. The lowest BCUT2D eigenvalue weighted by molar-refractivity contribution is -0.332. The molecule has 3 aromatic rings. The highest BCUT2D eigenvalue weighted by Gasteiger charge is 2.65. The molecule has 0 unspecified atom stereocenters. The summed E-state index contributed by atoms with van der Waals surface area (Å²) in [6.45, 7) is 5.28. The Kier molecular flexibility index (Phi) is 12.1. The topological polar surface area (TPSA) is 107 Å². The van der Waals surface area contributed by atoms with Crippen LogP contribution in [0, 0.1) is 10.8 Å². The van der Waals surface area contributed by atoms with Crippen molar-refractivity contribution in [3.63, 3.8) is 0 Å². The van der Waals surface area contributed by atoms with Crippen molar-refractivity contribution < 1.29 is 33.6 Å². The van der Waals surface area contributed by atoms with Gasteiger partial charge in [0.1, 0.15) is 18.3 Å². The maximum atomic E-state index is 14.2. The van der Waals surface area contributed by atoms with Crippen molar-refractivity contribution in [2.45, 2.75) is 74.6 Å². The smallest absolute Gasteiger partial charge is 0.265 e. The molecule has 1 saturated heterocycles. The number of carbonyl (C=O) groups excluding carboxylic acids is 1. The third-order valence-corrected chi connectivity index (χ3v) is 7.75. The molecule has 45 heavy (non-hydrogen) atoms. The Labute approximate surface area is 278 Å². The molecule has 0 saturated carbocycles. The Bertz CT molecular complexity index is 1380. The van der Waals surface area contributed by atoms with Gasteiger partial charge in [0.15, 0.2) is 5.78 Å². The maximum absolute atomic E-state index is 14.2. The predicted octanol–water partition coefficient (Wildman–Crippen LogP) is 6.81. The lowest BCUT2D eigenvalue weighted by atomic mass is 9.73. The first kappa shape index (κ1) is 35.3. The van der Waals surface area contributed by atoms with Crippen LogP contribution in [0.15, 0.2) is 91.0 Å². The molecule has 242 valence electrons. The van der Waals surface area contributed by atoms with Crippen molar-refractivity contribution in [3.05, 3.63) is 108 Å². The zero-order chi connectivity index (χ0) is 32.7. The molecule has 0 spiro atoms. The molecular weight excluding hydrogens is 641 g/mol. The second-order valence-electron chi connectivity index (χ2n) is 11.8. The summed E-state index contributed by atoms with van der Waals surface area (Å²) in [4.78, 5) is 14.2. The number of halogens is 3. The lowest BCUT2D eigenvalue weighted by Gasteiger charge is -2.51. The number of Topliss-reactive ketones (excluding diaryl/α,β-unsaturated/α-hetero) is 1. The van der Waals surface area contributed by atoms with Gasteiger partial charge in [0, 0.05) is 5.41 Å². The minimum Gasteiger partial charge on any atom is -0.444 e. The summed E-state index contributed by atoms with van der Waals surface area (Å²) in [5, 5.41) is 20.8. The number of alkyl halides is 3.